The highest BCUT2D eigenvalue weighted by Crippen LogP contribution is 2.26. The molecule has 1 heterocycles. The van der Waals surface area contributed by atoms with E-state index in [0.717, 1.165) is 21.9 Å². The van der Waals surface area contributed by atoms with E-state index in [-0.39, 0.29) is 5.15 Å². The molecule has 6 nitrogen and oxygen atoms in total. The number of aromatic nitrogens is 2. The molecule has 10 heteroatoms. The number of rotatable bonds is 8. The van der Waals surface area contributed by atoms with Crippen molar-refractivity contribution in [2.45, 2.75) is 18.4 Å². The van der Waals surface area contributed by atoms with Gasteiger partial charge in [0.05, 0.1) is 17.6 Å². The summed E-state index contributed by atoms with van der Waals surface area (Å²) in [5.74, 6) is -0.181. The van der Waals surface area contributed by atoms with E-state index in [4.69, 9.17) is 23.2 Å². The number of carbonyl (C=O) groups is 1. The Balaban J connectivity index is 1.76. The van der Waals surface area contributed by atoms with E-state index in [9.17, 15) is 13.2 Å². The third kappa shape index (κ3) is 6.98. The minimum atomic E-state index is -3.97. The maximum absolute atomic E-state index is 12.2. The number of thioether (sulfide) groups is 1. The van der Waals surface area contributed by atoms with Crippen molar-refractivity contribution in [3.8, 4) is 0 Å². The van der Waals surface area contributed by atoms with E-state index in [1.54, 1.807) is 47.5 Å². The first-order valence-electron chi connectivity index (χ1n) is 9.71. The van der Waals surface area contributed by atoms with Crippen LogP contribution < -0.4 is 4.72 Å². The Morgan fingerprint density at radius 3 is 2.55 bits per heavy atom. The smallest absolute Gasteiger partial charge is 0.257 e. The zero-order valence-electron chi connectivity index (χ0n) is 17.8. The van der Waals surface area contributed by atoms with Crippen LogP contribution in [0, 0.1) is 6.92 Å². The zero-order chi connectivity index (χ0) is 24.0. The minimum absolute atomic E-state index is 0.195. The molecule has 0 bridgehead atoms. The number of nitrogens with one attached hydrogen (secondary N) is 1. The van der Waals surface area contributed by atoms with Gasteiger partial charge < -0.3 is 4.57 Å². The Morgan fingerprint density at radius 2 is 1.88 bits per heavy atom. The number of hydrogen-bond acceptors (Lipinski definition) is 5. The summed E-state index contributed by atoms with van der Waals surface area (Å²) >= 11 is 14.3. The number of amides is 1. The largest absolute Gasteiger partial charge is 0.323 e. The van der Waals surface area contributed by atoms with Gasteiger partial charge in [0.15, 0.2) is 5.15 Å². The van der Waals surface area contributed by atoms with E-state index in [0.29, 0.717) is 28.6 Å². The quantitative estimate of drug-likeness (QED) is 0.317. The molecule has 1 N–H and O–H groups in total. The topological polar surface area (TPSA) is 81.1 Å². The maximum atomic E-state index is 12.2. The molecule has 172 valence electrons. The number of carbonyl (C=O) groups excluding carboxylic acids is 1. The molecule has 0 atom stereocenters. The third-order valence-corrected chi connectivity index (χ3v) is 6.95. The molecule has 2 aromatic carbocycles. The minimum Gasteiger partial charge on any atom is -0.323 e. The molecule has 0 spiro atoms. The Morgan fingerprint density at radius 1 is 1.15 bits per heavy atom. The first-order valence-corrected chi connectivity index (χ1v) is 13.2. The van der Waals surface area contributed by atoms with Crippen LogP contribution in [0.5, 0.6) is 0 Å². The molecule has 1 amide bonds. The molecule has 0 saturated heterocycles. The van der Waals surface area contributed by atoms with Gasteiger partial charge in [-0.2, -0.15) is 0 Å². The van der Waals surface area contributed by atoms with Gasteiger partial charge in [-0.1, -0.05) is 59.6 Å². The Kier molecular flexibility index (Phi) is 8.42. The van der Waals surface area contributed by atoms with E-state index < -0.39 is 15.9 Å². The lowest BCUT2D eigenvalue weighted by Gasteiger charge is -2.11. The van der Waals surface area contributed by atoms with Gasteiger partial charge in [-0.15, -0.1) is 11.8 Å². The van der Waals surface area contributed by atoms with E-state index in [1.807, 2.05) is 35.2 Å². The van der Waals surface area contributed by atoms with E-state index >= 15 is 0 Å². The molecule has 3 rings (SSSR count). The molecular formula is C23H21Cl2N3O3S2. The number of imidazole rings is 1. The zero-order valence-corrected chi connectivity index (χ0v) is 21.0. The standard InChI is InChI=1S/C23H21Cl2N3O3S2/c1-16-26-23(25)21(28(16)15-18-8-9-19(32-2)14-20(18)24)10-11-22(29)27-33(30,31)13-12-17-6-4-3-5-7-17/h3-14H,15H2,1-2H3,(H,27,29)/b11-10+,13-12+. The molecule has 0 radical (unpaired) electrons. The fourth-order valence-electron chi connectivity index (χ4n) is 2.95. The van der Waals surface area contributed by atoms with Crippen LogP contribution >= 0.6 is 35.0 Å². The summed E-state index contributed by atoms with van der Waals surface area (Å²) in [4.78, 5) is 17.5. The molecule has 0 aliphatic heterocycles. The molecule has 0 fully saturated rings. The average molecular weight is 522 g/mol. The monoisotopic (exact) mass is 521 g/mol. The van der Waals surface area contributed by atoms with Gasteiger partial charge in [0.2, 0.25) is 0 Å². The van der Waals surface area contributed by atoms with Crippen molar-refractivity contribution >= 4 is 63.0 Å². The number of benzene rings is 2. The maximum Gasteiger partial charge on any atom is 0.257 e. The Labute approximate surface area is 207 Å². The van der Waals surface area contributed by atoms with Crippen LogP contribution in [0.3, 0.4) is 0 Å². The van der Waals surface area contributed by atoms with Crippen molar-refractivity contribution in [2.75, 3.05) is 6.26 Å². The highest BCUT2D eigenvalue weighted by atomic mass is 35.5. The lowest BCUT2D eigenvalue weighted by molar-refractivity contribution is -0.114. The highest BCUT2D eigenvalue weighted by molar-refractivity contribution is 7.98. The van der Waals surface area contributed by atoms with Crippen LogP contribution in [0.15, 0.2) is 64.9 Å². The second-order valence-corrected chi connectivity index (χ2v) is 10.1. The third-order valence-electron chi connectivity index (χ3n) is 4.62. The number of nitrogens with zero attached hydrogens (tertiary/aromatic N) is 2. The summed E-state index contributed by atoms with van der Waals surface area (Å²) in [6.45, 7) is 2.17. The molecule has 1 aromatic heterocycles. The SMILES string of the molecule is CSc1ccc(Cn2c(C)nc(Cl)c2/C=C/C(=O)NS(=O)(=O)/C=C/c2ccccc2)c(Cl)c1. The van der Waals surface area contributed by atoms with E-state index in [1.165, 1.54) is 12.2 Å². The predicted molar refractivity (Wildman–Crippen MR) is 136 cm³/mol. The van der Waals surface area contributed by atoms with Crippen molar-refractivity contribution in [3.05, 3.63) is 92.8 Å². The van der Waals surface area contributed by atoms with Gasteiger partial charge in [0, 0.05) is 16.0 Å². The van der Waals surface area contributed by atoms with Crippen molar-refractivity contribution in [1.29, 1.82) is 0 Å². The lowest BCUT2D eigenvalue weighted by atomic mass is 10.2. The average Bonchev–Trinajstić information content (AvgIpc) is 3.04. The number of hydrogen-bond donors (Lipinski definition) is 1. The second kappa shape index (κ2) is 11.1. The number of halogens is 2. The summed E-state index contributed by atoms with van der Waals surface area (Å²) < 4.78 is 28.1. The predicted octanol–water partition coefficient (Wildman–Crippen LogP) is 5.40. The molecule has 0 aliphatic rings. The highest BCUT2D eigenvalue weighted by Gasteiger charge is 2.14. The Hall–Kier alpha value is -2.52. The number of aryl methyl sites for hydroxylation is 1. The summed E-state index contributed by atoms with van der Waals surface area (Å²) in [5, 5.41) is 1.74. The van der Waals surface area contributed by atoms with Crippen LogP contribution in [-0.4, -0.2) is 30.1 Å². The van der Waals surface area contributed by atoms with Crippen LogP contribution in [0.4, 0.5) is 0 Å². The van der Waals surface area contributed by atoms with Crippen LogP contribution in [0.25, 0.3) is 12.2 Å². The molecule has 3 aromatic rings. The van der Waals surface area contributed by atoms with Crippen LogP contribution in [0.1, 0.15) is 22.6 Å². The lowest BCUT2D eigenvalue weighted by Crippen LogP contribution is -2.26. The summed E-state index contributed by atoms with van der Waals surface area (Å²) in [6, 6.07) is 14.7. The first kappa shape index (κ1) is 25.1. The molecule has 0 saturated carbocycles. The van der Waals surface area contributed by atoms with E-state index in [2.05, 4.69) is 4.98 Å². The molecule has 33 heavy (non-hydrogen) atoms. The van der Waals surface area contributed by atoms with Crippen LogP contribution in [-0.2, 0) is 21.4 Å². The summed E-state index contributed by atoms with van der Waals surface area (Å²) in [6.07, 6.45) is 5.90. The summed E-state index contributed by atoms with van der Waals surface area (Å²) in [7, 11) is -3.97. The molecule has 0 aliphatic carbocycles. The number of sulfonamides is 1. The fourth-order valence-corrected chi connectivity index (χ4v) is 4.74. The molecule has 0 unspecified atom stereocenters. The fraction of sp³-hybridized carbons (Fsp3) is 0.130. The van der Waals surface area contributed by atoms with Crippen molar-refractivity contribution in [1.82, 2.24) is 14.3 Å². The normalized spacial score (nSPS) is 12.0. The van der Waals surface area contributed by atoms with Gasteiger partial charge in [-0.25, -0.2) is 18.1 Å². The van der Waals surface area contributed by atoms with Crippen LogP contribution in [0.2, 0.25) is 10.2 Å². The van der Waals surface area contributed by atoms with Crippen molar-refractivity contribution in [2.24, 2.45) is 0 Å². The Bertz CT molecular complexity index is 1320. The van der Waals surface area contributed by atoms with Gasteiger partial charge in [-0.05, 0) is 48.6 Å². The van der Waals surface area contributed by atoms with Gasteiger partial charge in [0.1, 0.15) is 5.82 Å². The first-order chi connectivity index (χ1) is 15.7. The van der Waals surface area contributed by atoms with Gasteiger partial charge in [-0.3, -0.25) is 4.79 Å². The van der Waals surface area contributed by atoms with Crippen molar-refractivity contribution < 1.29 is 13.2 Å². The summed E-state index contributed by atoms with van der Waals surface area (Å²) in [5.41, 5.74) is 2.02. The van der Waals surface area contributed by atoms with Gasteiger partial charge in [0.25, 0.3) is 15.9 Å². The second-order valence-electron chi connectivity index (χ2n) is 6.94. The van der Waals surface area contributed by atoms with Gasteiger partial charge >= 0.3 is 0 Å². The van der Waals surface area contributed by atoms with Crippen molar-refractivity contribution in [3.63, 3.8) is 0 Å². The molecular weight excluding hydrogens is 501 g/mol.